The lowest BCUT2D eigenvalue weighted by atomic mass is 10.1. The molecule has 1 aromatic carbocycles. The predicted molar refractivity (Wildman–Crippen MR) is 110 cm³/mol. The van der Waals surface area contributed by atoms with Gasteiger partial charge >= 0.3 is 30.1 Å². The molecule has 1 aromatic heterocycles. The number of para-hydroxylation sites is 1. The summed E-state index contributed by atoms with van der Waals surface area (Å²) in [4.78, 5) is 47.3. The number of carbonyl (C=O) groups is 4. The van der Waals surface area contributed by atoms with Crippen LogP contribution in [0.2, 0.25) is 0 Å². The molecule has 1 aliphatic rings. The Bertz CT molecular complexity index is 1020. The summed E-state index contributed by atoms with van der Waals surface area (Å²) in [6, 6.07) is 11.7. The van der Waals surface area contributed by atoms with Gasteiger partial charge in [0.2, 0.25) is 6.10 Å². The van der Waals surface area contributed by atoms with E-state index in [1.54, 1.807) is 48.7 Å². The molecule has 1 aliphatic heterocycles. The number of aromatic nitrogens is 1. The van der Waals surface area contributed by atoms with E-state index in [1.807, 2.05) is 0 Å². The van der Waals surface area contributed by atoms with Crippen LogP contribution in [0, 0.1) is 0 Å². The van der Waals surface area contributed by atoms with Crippen molar-refractivity contribution in [3.8, 4) is 5.75 Å². The molecule has 0 saturated carbocycles. The van der Waals surface area contributed by atoms with E-state index in [2.05, 4.69) is 0 Å². The molecule has 1 saturated heterocycles. The molecule has 10 heteroatoms. The topological polar surface area (TPSA) is 118 Å². The zero-order chi connectivity index (χ0) is 24.0. The van der Waals surface area contributed by atoms with Gasteiger partial charge in [0, 0.05) is 26.8 Å². The van der Waals surface area contributed by atoms with Crippen molar-refractivity contribution in [3.05, 3.63) is 60.4 Å². The van der Waals surface area contributed by atoms with Crippen LogP contribution < -0.4 is 9.30 Å². The predicted octanol–water partition coefficient (Wildman–Crippen LogP) is 1.52. The van der Waals surface area contributed by atoms with Crippen LogP contribution in [-0.2, 0) is 33.3 Å². The van der Waals surface area contributed by atoms with Gasteiger partial charge in [0.1, 0.15) is 24.0 Å². The number of ether oxygens (including phenoxy) is 5. The zero-order valence-corrected chi connectivity index (χ0v) is 18.3. The van der Waals surface area contributed by atoms with Gasteiger partial charge in [-0.15, -0.1) is 0 Å². The fraction of sp³-hybridized carbons (Fsp3) is 0.348. The van der Waals surface area contributed by atoms with Gasteiger partial charge in [-0.3, -0.25) is 14.4 Å². The normalized spacial score (nSPS) is 21.7. The summed E-state index contributed by atoms with van der Waals surface area (Å²) in [6.45, 7) is 3.42. The Morgan fingerprint density at radius 2 is 1.55 bits per heavy atom. The average molecular weight is 458 g/mol. The van der Waals surface area contributed by atoms with Crippen LogP contribution >= 0.6 is 0 Å². The van der Waals surface area contributed by atoms with E-state index < -0.39 is 48.4 Å². The van der Waals surface area contributed by atoms with Crippen LogP contribution in [0.4, 0.5) is 0 Å². The summed E-state index contributed by atoms with van der Waals surface area (Å²) < 4.78 is 28.6. The third-order valence-electron chi connectivity index (χ3n) is 4.65. The molecule has 0 amide bonds. The molecule has 0 bridgehead atoms. The van der Waals surface area contributed by atoms with E-state index in [4.69, 9.17) is 23.7 Å². The maximum absolute atomic E-state index is 12.6. The summed E-state index contributed by atoms with van der Waals surface area (Å²) in [5.74, 6) is -2.03. The SMILES string of the molecule is CC(=O)OC[C@H]1O[C@@H]([n+]2cccc(C(=O)Oc3ccccc3)c2)[C@H](OC(C)=O)[C@@H]1OC(C)=O. The van der Waals surface area contributed by atoms with E-state index in [9.17, 15) is 19.2 Å². The highest BCUT2D eigenvalue weighted by Crippen LogP contribution is 2.31. The fourth-order valence-corrected chi connectivity index (χ4v) is 3.36. The molecule has 0 aliphatic carbocycles. The quantitative estimate of drug-likeness (QED) is 0.263. The van der Waals surface area contributed by atoms with Gasteiger partial charge in [-0.25, -0.2) is 4.79 Å². The first-order valence-corrected chi connectivity index (χ1v) is 10.2. The maximum Gasteiger partial charge on any atom is 0.349 e. The molecule has 0 N–H and O–H groups in total. The van der Waals surface area contributed by atoms with Crippen molar-refractivity contribution in [3.63, 3.8) is 0 Å². The number of esters is 4. The third-order valence-corrected chi connectivity index (χ3v) is 4.65. The van der Waals surface area contributed by atoms with E-state index in [-0.39, 0.29) is 12.2 Å². The molecule has 0 radical (unpaired) electrons. The maximum atomic E-state index is 12.6. The Morgan fingerprint density at radius 3 is 2.18 bits per heavy atom. The van der Waals surface area contributed by atoms with Crippen molar-refractivity contribution >= 4 is 23.9 Å². The van der Waals surface area contributed by atoms with Gasteiger partial charge in [0.15, 0.2) is 18.5 Å². The second-order valence-electron chi connectivity index (χ2n) is 7.26. The molecule has 3 rings (SSSR count). The molecule has 33 heavy (non-hydrogen) atoms. The van der Waals surface area contributed by atoms with Crippen LogP contribution in [0.25, 0.3) is 0 Å². The summed E-state index contributed by atoms with van der Waals surface area (Å²) in [5, 5.41) is 0. The number of benzene rings is 1. The zero-order valence-electron chi connectivity index (χ0n) is 18.3. The number of carbonyl (C=O) groups excluding carboxylic acids is 4. The first-order valence-electron chi connectivity index (χ1n) is 10.2. The second kappa shape index (κ2) is 10.7. The Balaban J connectivity index is 1.88. The first-order chi connectivity index (χ1) is 15.7. The molecule has 4 atom stereocenters. The minimum absolute atomic E-state index is 0.207. The molecule has 2 aromatic rings. The van der Waals surface area contributed by atoms with Crippen LogP contribution in [0.3, 0.4) is 0 Å². The van der Waals surface area contributed by atoms with Crippen LogP contribution in [-0.4, -0.2) is 48.8 Å². The fourth-order valence-electron chi connectivity index (χ4n) is 3.36. The molecule has 10 nitrogen and oxygen atoms in total. The number of pyridine rings is 1. The third kappa shape index (κ3) is 6.36. The van der Waals surface area contributed by atoms with Gasteiger partial charge < -0.3 is 23.7 Å². The van der Waals surface area contributed by atoms with E-state index in [0.717, 1.165) is 0 Å². The highest BCUT2D eigenvalue weighted by atomic mass is 16.7. The van der Waals surface area contributed by atoms with E-state index in [1.165, 1.54) is 31.5 Å². The van der Waals surface area contributed by atoms with Gasteiger partial charge in [0.25, 0.3) is 0 Å². The molecule has 0 spiro atoms. The second-order valence-corrected chi connectivity index (χ2v) is 7.26. The summed E-state index contributed by atoms with van der Waals surface area (Å²) in [5.41, 5.74) is 0.207. The molecule has 1 fully saturated rings. The van der Waals surface area contributed by atoms with Gasteiger partial charge in [-0.05, 0) is 18.2 Å². The minimum atomic E-state index is -1.06. The Morgan fingerprint density at radius 1 is 0.879 bits per heavy atom. The molecular weight excluding hydrogens is 434 g/mol. The van der Waals surface area contributed by atoms with Crippen molar-refractivity contribution in [1.29, 1.82) is 0 Å². The number of nitrogens with zero attached hydrogens (tertiary/aromatic N) is 1. The van der Waals surface area contributed by atoms with Gasteiger partial charge in [0.05, 0.1) is 0 Å². The smallest absolute Gasteiger partial charge is 0.349 e. The minimum Gasteiger partial charge on any atom is -0.463 e. The molecule has 174 valence electrons. The van der Waals surface area contributed by atoms with Crippen molar-refractivity contribution in [1.82, 2.24) is 0 Å². The Kier molecular flexibility index (Phi) is 7.73. The number of hydrogen-bond donors (Lipinski definition) is 0. The van der Waals surface area contributed by atoms with Crippen LogP contribution in [0.1, 0.15) is 37.4 Å². The Hall–Kier alpha value is -3.79. The lowest BCUT2D eigenvalue weighted by molar-refractivity contribution is -0.765. The average Bonchev–Trinajstić information content (AvgIpc) is 3.09. The van der Waals surface area contributed by atoms with Crippen molar-refractivity contribution in [2.45, 2.75) is 45.3 Å². The summed E-state index contributed by atoms with van der Waals surface area (Å²) in [7, 11) is 0. The lowest BCUT2D eigenvalue weighted by Crippen LogP contribution is -2.48. The highest BCUT2D eigenvalue weighted by molar-refractivity contribution is 5.90. The number of rotatable bonds is 7. The van der Waals surface area contributed by atoms with Crippen molar-refractivity contribution in [2.24, 2.45) is 0 Å². The van der Waals surface area contributed by atoms with Gasteiger partial charge in [-0.2, -0.15) is 4.57 Å². The molecule has 0 unspecified atom stereocenters. The highest BCUT2D eigenvalue weighted by Gasteiger charge is 2.54. The van der Waals surface area contributed by atoms with Crippen LogP contribution in [0.5, 0.6) is 5.75 Å². The largest absolute Gasteiger partial charge is 0.463 e. The number of hydrogen-bond acceptors (Lipinski definition) is 9. The summed E-state index contributed by atoms with van der Waals surface area (Å²) >= 11 is 0. The van der Waals surface area contributed by atoms with Crippen molar-refractivity contribution < 1.29 is 47.4 Å². The molecular formula is C23H24NO9+. The van der Waals surface area contributed by atoms with Gasteiger partial charge in [-0.1, -0.05) is 18.2 Å². The van der Waals surface area contributed by atoms with E-state index in [0.29, 0.717) is 5.75 Å². The summed E-state index contributed by atoms with van der Waals surface area (Å²) in [6.07, 6.45) is -0.909. The van der Waals surface area contributed by atoms with E-state index >= 15 is 0 Å². The lowest BCUT2D eigenvalue weighted by Gasteiger charge is -2.21. The monoisotopic (exact) mass is 458 g/mol. The van der Waals surface area contributed by atoms with Crippen LogP contribution in [0.15, 0.2) is 54.9 Å². The van der Waals surface area contributed by atoms with Crippen molar-refractivity contribution in [2.75, 3.05) is 6.61 Å². The Labute approximate surface area is 190 Å². The first kappa shape index (κ1) is 23.9. The standard InChI is InChI=1S/C23H24NO9/c1-14(25)29-13-19-20(30-15(2)26)21(31-16(3)27)22(33-19)24-11-7-8-17(12-24)23(28)32-18-9-5-4-6-10-18/h4-12,19-22H,13H2,1-3H3/q+1/t19-,20-,21-,22-/m1/s1. The molecule has 2 heterocycles.